The number of amides is 1. The van der Waals surface area contributed by atoms with Gasteiger partial charge in [-0.05, 0) is 42.9 Å². The van der Waals surface area contributed by atoms with Crippen molar-refractivity contribution in [2.45, 2.75) is 52.0 Å². The fourth-order valence-electron chi connectivity index (χ4n) is 3.19. The Kier molecular flexibility index (Phi) is 7.45. The molecule has 1 heterocycles. The molecule has 1 amide bonds. The van der Waals surface area contributed by atoms with Gasteiger partial charge in [0.2, 0.25) is 0 Å². The summed E-state index contributed by atoms with van der Waals surface area (Å²) in [6.45, 7) is 7.46. The number of aliphatic carboxylic acids is 1. The number of carbonyl (C=O) groups is 2. The molecule has 0 bridgehead atoms. The largest absolute Gasteiger partial charge is 0.483 e. The van der Waals surface area contributed by atoms with Crippen molar-refractivity contribution in [2.75, 3.05) is 26.4 Å². The van der Waals surface area contributed by atoms with Gasteiger partial charge in [-0.25, -0.2) is 0 Å². The summed E-state index contributed by atoms with van der Waals surface area (Å²) >= 11 is 0. The van der Waals surface area contributed by atoms with Crippen molar-refractivity contribution in [3.8, 4) is 5.75 Å². The Balaban J connectivity index is 2.06. The number of ether oxygens (including phenoxy) is 2. The monoisotopic (exact) mass is 363 g/mol. The van der Waals surface area contributed by atoms with E-state index in [0.29, 0.717) is 19.1 Å². The number of hydrogen-bond acceptors (Lipinski definition) is 4. The van der Waals surface area contributed by atoms with Crippen molar-refractivity contribution < 1.29 is 24.2 Å². The van der Waals surface area contributed by atoms with E-state index in [2.05, 4.69) is 13.8 Å². The maximum atomic E-state index is 12.8. The molecule has 144 valence electrons. The van der Waals surface area contributed by atoms with E-state index in [1.54, 1.807) is 4.90 Å². The highest BCUT2D eigenvalue weighted by Crippen LogP contribution is 2.27. The molecule has 0 unspecified atom stereocenters. The number of nitrogens with zero attached hydrogens (tertiary/aromatic N) is 1. The molecule has 6 heteroatoms. The number of hydrogen-bond donors (Lipinski definition) is 1. The molecule has 1 saturated heterocycles. The van der Waals surface area contributed by atoms with Gasteiger partial charge in [0.05, 0.1) is 6.42 Å². The molecule has 1 N–H and O–H groups in total. The lowest BCUT2D eigenvalue weighted by molar-refractivity contribution is -0.141. The van der Waals surface area contributed by atoms with Crippen LogP contribution in [0.5, 0.6) is 5.75 Å². The molecule has 0 spiro atoms. The number of carboxylic acid groups (broad SMARTS) is 1. The van der Waals surface area contributed by atoms with Crippen molar-refractivity contribution in [3.05, 3.63) is 29.3 Å². The van der Waals surface area contributed by atoms with Crippen LogP contribution < -0.4 is 4.74 Å². The summed E-state index contributed by atoms with van der Waals surface area (Å²) < 4.78 is 11.2. The Morgan fingerprint density at radius 3 is 2.62 bits per heavy atom. The molecular weight excluding hydrogens is 334 g/mol. The first kappa shape index (κ1) is 20.2. The van der Waals surface area contributed by atoms with E-state index in [0.717, 1.165) is 29.7 Å². The molecule has 0 saturated carbocycles. The second-order valence-electron chi connectivity index (χ2n) is 7.06. The lowest BCUT2D eigenvalue weighted by Gasteiger charge is -2.34. The predicted octanol–water partition coefficient (Wildman–Crippen LogP) is 2.98. The number of rotatable bonds is 8. The van der Waals surface area contributed by atoms with Crippen LogP contribution in [0, 0.1) is 6.92 Å². The number of benzene rings is 1. The molecule has 6 nitrogen and oxygen atoms in total. The van der Waals surface area contributed by atoms with Crippen LogP contribution in [0.25, 0.3) is 0 Å². The number of carboxylic acids is 1. The molecule has 0 aromatic heterocycles. The van der Waals surface area contributed by atoms with E-state index < -0.39 is 5.97 Å². The fourth-order valence-corrected chi connectivity index (χ4v) is 3.19. The van der Waals surface area contributed by atoms with Crippen LogP contribution in [0.15, 0.2) is 18.2 Å². The zero-order valence-corrected chi connectivity index (χ0v) is 15.9. The molecule has 1 aromatic rings. The average Bonchev–Trinajstić information content (AvgIpc) is 2.60. The van der Waals surface area contributed by atoms with Crippen LogP contribution >= 0.6 is 0 Å². The van der Waals surface area contributed by atoms with Gasteiger partial charge in [-0.1, -0.05) is 26.0 Å². The van der Waals surface area contributed by atoms with Crippen molar-refractivity contribution in [3.63, 3.8) is 0 Å². The van der Waals surface area contributed by atoms with Crippen molar-refractivity contribution in [2.24, 2.45) is 0 Å². The lowest BCUT2D eigenvalue weighted by Crippen LogP contribution is -2.46. The molecule has 0 aliphatic carbocycles. The summed E-state index contributed by atoms with van der Waals surface area (Å²) in [5.74, 6) is -0.0660. The third-order valence-corrected chi connectivity index (χ3v) is 4.66. The van der Waals surface area contributed by atoms with Crippen LogP contribution in [0.1, 0.15) is 50.2 Å². The molecule has 1 fully saturated rings. The topological polar surface area (TPSA) is 76.1 Å². The van der Waals surface area contributed by atoms with Gasteiger partial charge in [0.25, 0.3) is 5.91 Å². The zero-order valence-electron chi connectivity index (χ0n) is 15.9. The zero-order chi connectivity index (χ0) is 19.1. The van der Waals surface area contributed by atoms with Crippen LogP contribution in [0.3, 0.4) is 0 Å². The number of carbonyl (C=O) groups excluding carboxylic acids is 1. The van der Waals surface area contributed by atoms with Gasteiger partial charge in [0, 0.05) is 25.8 Å². The fraction of sp³-hybridized carbons (Fsp3) is 0.600. The van der Waals surface area contributed by atoms with Gasteiger partial charge in [-0.3, -0.25) is 9.59 Å². The molecule has 1 aromatic carbocycles. The summed E-state index contributed by atoms with van der Waals surface area (Å²) in [7, 11) is 0. The van der Waals surface area contributed by atoms with E-state index >= 15 is 0 Å². The molecule has 0 atom stereocenters. The normalized spacial score (nSPS) is 15.1. The van der Waals surface area contributed by atoms with Gasteiger partial charge >= 0.3 is 5.97 Å². The third-order valence-electron chi connectivity index (χ3n) is 4.66. The smallest absolute Gasteiger partial charge is 0.305 e. The van der Waals surface area contributed by atoms with E-state index in [9.17, 15) is 9.59 Å². The highest BCUT2D eigenvalue weighted by Gasteiger charge is 2.26. The molecule has 2 rings (SSSR count). The Morgan fingerprint density at radius 2 is 2.00 bits per heavy atom. The Bertz CT molecular complexity index is 623. The Labute approximate surface area is 155 Å². The van der Waals surface area contributed by atoms with Crippen molar-refractivity contribution in [1.29, 1.82) is 0 Å². The minimum absolute atomic E-state index is 0.0151. The van der Waals surface area contributed by atoms with E-state index in [-0.39, 0.29) is 31.5 Å². The quantitative estimate of drug-likeness (QED) is 0.768. The van der Waals surface area contributed by atoms with E-state index in [4.69, 9.17) is 14.6 Å². The van der Waals surface area contributed by atoms with Crippen LogP contribution in [0.2, 0.25) is 0 Å². The standard InChI is InChI=1S/C20H29NO5/c1-14(2)17-5-4-15(3)12-18(17)26-13-19(22)21(9-6-20(23)24)16-7-10-25-11-8-16/h4-5,12,14,16H,6-11,13H2,1-3H3,(H,23,24). The first-order chi connectivity index (χ1) is 12.4. The minimum Gasteiger partial charge on any atom is -0.483 e. The van der Waals surface area contributed by atoms with Gasteiger partial charge in [0.15, 0.2) is 6.61 Å². The molecule has 0 radical (unpaired) electrons. The average molecular weight is 363 g/mol. The van der Waals surface area contributed by atoms with Gasteiger partial charge < -0.3 is 19.5 Å². The SMILES string of the molecule is Cc1ccc(C(C)C)c(OCC(=O)N(CCC(=O)O)C2CCOCC2)c1. The van der Waals surface area contributed by atoms with Gasteiger partial charge in [-0.15, -0.1) is 0 Å². The van der Waals surface area contributed by atoms with Crippen LogP contribution in [0.4, 0.5) is 0 Å². The highest BCUT2D eigenvalue weighted by molar-refractivity contribution is 5.79. The van der Waals surface area contributed by atoms with Gasteiger partial charge in [0.1, 0.15) is 5.75 Å². The van der Waals surface area contributed by atoms with Crippen molar-refractivity contribution >= 4 is 11.9 Å². The summed E-state index contributed by atoms with van der Waals surface area (Å²) in [6.07, 6.45) is 1.39. The Hall–Kier alpha value is -2.08. The number of aryl methyl sites for hydroxylation is 1. The highest BCUT2D eigenvalue weighted by atomic mass is 16.5. The van der Waals surface area contributed by atoms with Crippen LogP contribution in [-0.4, -0.2) is 54.3 Å². The summed E-state index contributed by atoms with van der Waals surface area (Å²) in [6, 6.07) is 6.02. The first-order valence-corrected chi connectivity index (χ1v) is 9.21. The Morgan fingerprint density at radius 1 is 1.31 bits per heavy atom. The van der Waals surface area contributed by atoms with E-state index in [1.807, 2.05) is 25.1 Å². The van der Waals surface area contributed by atoms with Crippen LogP contribution in [-0.2, 0) is 14.3 Å². The predicted molar refractivity (Wildman–Crippen MR) is 98.6 cm³/mol. The summed E-state index contributed by atoms with van der Waals surface area (Å²) in [4.78, 5) is 25.4. The second-order valence-corrected chi connectivity index (χ2v) is 7.06. The molecule has 1 aliphatic heterocycles. The molecular formula is C20H29NO5. The third kappa shape index (κ3) is 5.73. The maximum absolute atomic E-state index is 12.8. The maximum Gasteiger partial charge on any atom is 0.305 e. The minimum atomic E-state index is -0.906. The summed E-state index contributed by atoms with van der Waals surface area (Å²) in [5, 5.41) is 8.98. The van der Waals surface area contributed by atoms with E-state index in [1.165, 1.54) is 0 Å². The van der Waals surface area contributed by atoms with Crippen molar-refractivity contribution in [1.82, 2.24) is 4.90 Å². The van der Waals surface area contributed by atoms with Gasteiger partial charge in [-0.2, -0.15) is 0 Å². The second kappa shape index (κ2) is 9.57. The molecule has 1 aliphatic rings. The first-order valence-electron chi connectivity index (χ1n) is 9.21. The summed E-state index contributed by atoms with van der Waals surface area (Å²) in [5.41, 5.74) is 2.13. The molecule has 26 heavy (non-hydrogen) atoms. The lowest BCUT2D eigenvalue weighted by atomic mass is 10.0.